The topological polar surface area (TPSA) is 75.1 Å². The van der Waals surface area contributed by atoms with Crippen molar-refractivity contribution in [1.29, 1.82) is 0 Å². The number of aromatic carboxylic acids is 1. The first-order valence-corrected chi connectivity index (χ1v) is 3.96. The van der Waals surface area contributed by atoms with Gasteiger partial charge in [0.2, 0.25) is 0 Å². The van der Waals surface area contributed by atoms with E-state index < -0.39 is 5.97 Å². The number of carboxylic acid groups (broad SMARTS) is 1. The number of terminal acetylenes is 1. The van der Waals surface area contributed by atoms with E-state index in [-0.39, 0.29) is 5.56 Å². The minimum Gasteiger partial charge on any atom is -0.477 e. The fourth-order valence-electron chi connectivity index (χ4n) is 0.880. The number of nitrogens with one attached hydrogen (secondary N) is 1. The molecule has 0 aliphatic rings. The SMILES string of the molecule is C#CCCNc1ncncc1C(=O)O. The smallest absolute Gasteiger partial charge is 0.341 e. The average Bonchev–Trinajstić information content (AvgIpc) is 2.19. The molecule has 0 unspecified atom stereocenters. The lowest BCUT2D eigenvalue weighted by Gasteiger charge is -2.04. The summed E-state index contributed by atoms with van der Waals surface area (Å²) in [5.74, 6) is 1.67. The van der Waals surface area contributed by atoms with Crippen molar-refractivity contribution in [1.82, 2.24) is 9.97 Å². The van der Waals surface area contributed by atoms with Crippen LogP contribution in [-0.2, 0) is 0 Å². The lowest BCUT2D eigenvalue weighted by molar-refractivity contribution is 0.0697. The van der Waals surface area contributed by atoms with Gasteiger partial charge in [0.15, 0.2) is 0 Å². The zero-order valence-corrected chi connectivity index (χ0v) is 7.40. The van der Waals surface area contributed by atoms with Gasteiger partial charge >= 0.3 is 5.97 Å². The maximum absolute atomic E-state index is 10.7. The summed E-state index contributed by atoms with van der Waals surface area (Å²) >= 11 is 0. The molecule has 2 N–H and O–H groups in total. The Kier molecular flexibility index (Phi) is 3.44. The van der Waals surface area contributed by atoms with Crippen molar-refractivity contribution in [2.75, 3.05) is 11.9 Å². The number of nitrogens with zero attached hydrogens (tertiary/aromatic N) is 2. The largest absolute Gasteiger partial charge is 0.477 e. The number of aromatic nitrogens is 2. The Morgan fingerprint density at radius 3 is 3.14 bits per heavy atom. The standard InChI is InChI=1S/C9H9N3O2/c1-2-3-4-11-8-7(9(13)14)5-10-6-12-8/h1,5-6H,3-4H2,(H,13,14)(H,10,11,12). The zero-order valence-electron chi connectivity index (χ0n) is 7.40. The average molecular weight is 191 g/mol. The van der Waals surface area contributed by atoms with Crippen LogP contribution in [0.3, 0.4) is 0 Å². The van der Waals surface area contributed by atoms with Crippen LogP contribution in [0.2, 0.25) is 0 Å². The van der Waals surface area contributed by atoms with E-state index in [1.54, 1.807) is 0 Å². The Balaban J connectivity index is 2.75. The second-order valence-electron chi connectivity index (χ2n) is 2.47. The molecule has 0 aromatic carbocycles. The summed E-state index contributed by atoms with van der Waals surface area (Å²) in [6, 6.07) is 0. The Morgan fingerprint density at radius 1 is 1.71 bits per heavy atom. The molecule has 14 heavy (non-hydrogen) atoms. The van der Waals surface area contributed by atoms with Crippen LogP contribution >= 0.6 is 0 Å². The van der Waals surface area contributed by atoms with Crippen molar-refractivity contribution in [3.05, 3.63) is 18.1 Å². The number of carbonyl (C=O) groups is 1. The maximum atomic E-state index is 10.7. The first-order chi connectivity index (χ1) is 6.75. The lowest BCUT2D eigenvalue weighted by atomic mass is 10.3. The highest BCUT2D eigenvalue weighted by atomic mass is 16.4. The molecule has 0 fully saturated rings. The van der Waals surface area contributed by atoms with Gasteiger partial charge in [0.05, 0.1) is 0 Å². The molecular formula is C9H9N3O2. The van der Waals surface area contributed by atoms with Gasteiger partial charge in [0.1, 0.15) is 17.7 Å². The molecule has 0 radical (unpaired) electrons. The van der Waals surface area contributed by atoms with E-state index in [1.165, 1.54) is 12.5 Å². The van der Waals surface area contributed by atoms with E-state index >= 15 is 0 Å². The monoisotopic (exact) mass is 191 g/mol. The van der Waals surface area contributed by atoms with Crippen molar-refractivity contribution in [3.8, 4) is 12.3 Å². The summed E-state index contributed by atoms with van der Waals surface area (Å²) in [5.41, 5.74) is 0.0459. The Labute approximate surface area is 81.2 Å². The summed E-state index contributed by atoms with van der Waals surface area (Å²) < 4.78 is 0. The van der Waals surface area contributed by atoms with Crippen LogP contribution in [0.1, 0.15) is 16.8 Å². The van der Waals surface area contributed by atoms with Gasteiger partial charge in [-0.2, -0.15) is 0 Å². The van der Waals surface area contributed by atoms with Gasteiger partial charge in [-0.15, -0.1) is 12.3 Å². The number of rotatable bonds is 4. The van der Waals surface area contributed by atoms with Crippen molar-refractivity contribution >= 4 is 11.8 Å². The van der Waals surface area contributed by atoms with Crippen molar-refractivity contribution in [3.63, 3.8) is 0 Å². The fourth-order valence-corrected chi connectivity index (χ4v) is 0.880. The second kappa shape index (κ2) is 4.82. The minimum absolute atomic E-state index is 0.0459. The molecule has 0 saturated carbocycles. The van der Waals surface area contributed by atoms with Gasteiger partial charge in [-0.3, -0.25) is 0 Å². The third-order valence-corrected chi connectivity index (χ3v) is 1.50. The molecule has 0 aliphatic heterocycles. The number of anilines is 1. The zero-order chi connectivity index (χ0) is 10.4. The highest BCUT2D eigenvalue weighted by Crippen LogP contribution is 2.09. The molecule has 5 heteroatoms. The second-order valence-corrected chi connectivity index (χ2v) is 2.47. The highest BCUT2D eigenvalue weighted by molar-refractivity contribution is 5.92. The maximum Gasteiger partial charge on any atom is 0.341 e. The third kappa shape index (κ3) is 2.45. The quantitative estimate of drug-likeness (QED) is 0.538. The molecular weight excluding hydrogens is 182 g/mol. The van der Waals surface area contributed by atoms with Gasteiger partial charge in [0, 0.05) is 19.2 Å². The van der Waals surface area contributed by atoms with Crippen LogP contribution in [0.4, 0.5) is 5.82 Å². The molecule has 1 rings (SSSR count). The minimum atomic E-state index is -1.06. The Hall–Kier alpha value is -2.09. The summed E-state index contributed by atoms with van der Waals surface area (Å²) in [6.07, 6.45) is 8.09. The van der Waals surface area contributed by atoms with Crippen LogP contribution in [0.25, 0.3) is 0 Å². The van der Waals surface area contributed by atoms with Crippen molar-refractivity contribution < 1.29 is 9.90 Å². The normalized spacial score (nSPS) is 9.07. The van der Waals surface area contributed by atoms with Crippen LogP contribution in [0.5, 0.6) is 0 Å². The predicted octanol–water partition coefficient (Wildman–Crippen LogP) is 0.610. The summed E-state index contributed by atoms with van der Waals surface area (Å²) in [6.45, 7) is 0.494. The lowest BCUT2D eigenvalue weighted by Crippen LogP contribution is -2.09. The summed E-state index contributed by atoms with van der Waals surface area (Å²) in [5, 5.41) is 11.6. The third-order valence-electron chi connectivity index (χ3n) is 1.50. The molecule has 72 valence electrons. The van der Waals surface area contributed by atoms with E-state index in [2.05, 4.69) is 21.2 Å². The van der Waals surface area contributed by atoms with E-state index in [4.69, 9.17) is 11.5 Å². The molecule has 1 heterocycles. The van der Waals surface area contributed by atoms with Gasteiger partial charge in [0.25, 0.3) is 0 Å². The van der Waals surface area contributed by atoms with Crippen LogP contribution in [0.15, 0.2) is 12.5 Å². The molecule has 1 aromatic rings. The van der Waals surface area contributed by atoms with E-state index in [0.717, 1.165) is 0 Å². The van der Waals surface area contributed by atoms with Crippen molar-refractivity contribution in [2.24, 2.45) is 0 Å². The van der Waals surface area contributed by atoms with Gasteiger partial charge in [-0.05, 0) is 0 Å². The molecule has 1 aromatic heterocycles. The molecule has 5 nitrogen and oxygen atoms in total. The van der Waals surface area contributed by atoms with Gasteiger partial charge < -0.3 is 10.4 Å². The van der Waals surface area contributed by atoms with E-state index in [9.17, 15) is 4.79 Å². The molecule has 0 spiro atoms. The van der Waals surface area contributed by atoms with E-state index in [1.807, 2.05) is 0 Å². The molecule has 0 amide bonds. The fraction of sp³-hybridized carbons (Fsp3) is 0.222. The van der Waals surface area contributed by atoms with Crippen LogP contribution in [0, 0.1) is 12.3 Å². The molecule has 0 bridgehead atoms. The van der Waals surface area contributed by atoms with Crippen molar-refractivity contribution in [2.45, 2.75) is 6.42 Å². The summed E-state index contributed by atoms with van der Waals surface area (Å²) in [7, 11) is 0. The number of hydrogen-bond donors (Lipinski definition) is 2. The highest BCUT2D eigenvalue weighted by Gasteiger charge is 2.09. The van der Waals surface area contributed by atoms with Gasteiger partial charge in [-0.1, -0.05) is 0 Å². The van der Waals surface area contributed by atoms with Crippen LogP contribution in [-0.4, -0.2) is 27.6 Å². The molecule has 0 saturated heterocycles. The first kappa shape index (κ1) is 9.99. The molecule has 0 atom stereocenters. The number of carboxylic acids is 1. The van der Waals surface area contributed by atoms with Gasteiger partial charge in [-0.25, -0.2) is 14.8 Å². The number of hydrogen-bond acceptors (Lipinski definition) is 4. The Morgan fingerprint density at radius 2 is 2.50 bits per heavy atom. The molecule has 0 aliphatic carbocycles. The van der Waals surface area contributed by atoms with E-state index in [0.29, 0.717) is 18.8 Å². The predicted molar refractivity (Wildman–Crippen MR) is 50.9 cm³/mol. The van der Waals surface area contributed by atoms with Crippen LogP contribution < -0.4 is 5.32 Å². The summed E-state index contributed by atoms with van der Waals surface area (Å²) in [4.78, 5) is 18.1. The first-order valence-electron chi connectivity index (χ1n) is 3.96. The Bertz CT molecular complexity index is 371.